The second kappa shape index (κ2) is 9.68. The topological polar surface area (TPSA) is 98.3 Å². The van der Waals surface area contributed by atoms with E-state index in [1.54, 1.807) is 64.3 Å². The molecule has 2 aromatic heterocycles. The van der Waals surface area contributed by atoms with Crippen molar-refractivity contribution in [3.63, 3.8) is 0 Å². The third kappa shape index (κ3) is 4.56. The highest BCUT2D eigenvalue weighted by molar-refractivity contribution is 5.93. The van der Waals surface area contributed by atoms with Crippen LogP contribution in [-0.4, -0.2) is 38.6 Å². The summed E-state index contributed by atoms with van der Waals surface area (Å²) in [4.78, 5) is 55.1. The zero-order valence-corrected chi connectivity index (χ0v) is 22.5. The molecule has 1 fully saturated rings. The number of nitrogens with one attached hydrogen (secondary N) is 1. The van der Waals surface area contributed by atoms with Gasteiger partial charge in [0.2, 0.25) is 5.91 Å². The van der Waals surface area contributed by atoms with Gasteiger partial charge in [-0.05, 0) is 62.1 Å². The molecule has 1 aliphatic carbocycles. The summed E-state index contributed by atoms with van der Waals surface area (Å²) in [6.07, 6.45) is 1.48. The maximum absolute atomic E-state index is 14.9. The van der Waals surface area contributed by atoms with E-state index in [1.807, 2.05) is 0 Å². The molecule has 1 aliphatic rings. The third-order valence-electron chi connectivity index (χ3n) is 7.16. The first-order chi connectivity index (χ1) is 18.5. The smallest absolute Gasteiger partial charge is 0.336 e. The van der Waals surface area contributed by atoms with E-state index in [4.69, 9.17) is 0 Å². The van der Waals surface area contributed by atoms with Crippen molar-refractivity contribution in [1.82, 2.24) is 18.6 Å². The number of likely N-dealkylation sites (N-methyl/N-ethyl adjacent to an activating group) is 1. The SMILES string of the molecule is Cc1ccc(Nc2c3c(=O)n(C4CC4)c(=O)n(-c4cccc(CC(=O)N(C)C)c4)c3c(C)c(=O)n2C)c(F)c1. The number of carbonyl (C=O) groups excluding carboxylic acids is 1. The molecule has 0 atom stereocenters. The molecule has 4 aromatic rings. The van der Waals surface area contributed by atoms with E-state index in [0.717, 1.165) is 5.56 Å². The number of hydrogen-bond acceptors (Lipinski definition) is 5. The Morgan fingerprint density at radius 3 is 2.41 bits per heavy atom. The minimum Gasteiger partial charge on any atom is -0.349 e. The van der Waals surface area contributed by atoms with E-state index in [2.05, 4.69) is 5.32 Å². The van der Waals surface area contributed by atoms with Crippen LogP contribution in [0.1, 0.15) is 35.6 Å². The van der Waals surface area contributed by atoms with Gasteiger partial charge in [-0.25, -0.2) is 9.18 Å². The molecule has 202 valence electrons. The molecular weight excluding hydrogens is 501 g/mol. The normalized spacial score (nSPS) is 13.1. The maximum atomic E-state index is 14.9. The van der Waals surface area contributed by atoms with E-state index >= 15 is 0 Å². The van der Waals surface area contributed by atoms with Crippen molar-refractivity contribution in [2.75, 3.05) is 19.4 Å². The van der Waals surface area contributed by atoms with E-state index in [9.17, 15) is 23.6 Å². The van der Waals surface area contributed by atoms with Crippen LogP contribution >= 0.6 is 0 Å². The number of amides is 1. The van der Waals surface area contributed by atoms with Crippen molar-refractivity contribution in [2.45, 2.75) is 39.2 Å². The number of anilines is 2. The number of nitrogens with zero attached hydrogens (tertiary/aromatic N) is 4. The first kappa shape index (κ1) is 26.1. The minimum atomic E-state index is -0.560. The Labute approximate surface area is 223 Å². The van der Waals surface area contributed by atoms with Crippen molar-refractivity contribution < 1.29 is 9.18 Å². The highest BCUT2D eigenvalue weighted by Crippen LogP contribution is 2.34. The molecule has 10 heteroatoms. The number of rotatable bonds is 6. The van der Waals surface area contributed by atoms with Gasteiger partial charge in [0.1, 0.15) is 17.0 Å². The first-order valence-electron chi connectivity index (χ1n) is 12.7. The Hall–Kier alpha value is -4.47. The summed E-state index contributed by atoms with van der Waals surface area (Å²) in [5, 5.41) is 3.07. The van der Waals surface area contributed by atoms with Gasteiger partial charge in [-0.3, -0.25) is 28.1 Å². The predicted molar refractivity (Wildman–Crippen MR) is 149 cm³/mol. The van der Waals surface area contributed by atoms with Crippen LogP contribution in [0.4, 0.5) is 15.9 Å². The zero-order valence-electron chi connectivity index (χ0n) is 22.5. The highest BCUT2D eigenvalue weighted by atomic mass is 19.1. The number of fused-ring (bicyclic) bond motifs is 1. The van der Waals surface area contributed by atoms with Crippen molar-refractivity contribution in [3.8, 4) is 5.69 Å². The van der Waals surface area contributed by atoms with Gasteiger partial charge >= 0.3 is 5.69 Å². The average molecular weight is 532 g/mol. The number of halogens is 1. The molecule has 5 rings (SSSR count). The van der Waals surface area contributed by atoms with E-state index in [1.165, 1.54) is 31.7 Å². The molecule has 0 bridgehead atoms. The van der Waals surface area contributed by atoms with Crippen LogP contribution < -0.4 is 22.1 Å². The molecule has 39 heavy (non-hydrogen) atoms. The number of aromatic nitrogens is 3. The summed E-state index contributed by atoms with van der Waals surface area (Å²) < 4.78 is 18.7. The molecule has 9 nitrogen and oxygen atoms in total. The monoisotopic (exact) mass is 531 g/mol. The number of pyridine rings is 1. The van der Waals surface area contributed by atoms with Gasteiger partial charge < -0.3 is 10.2 Å². The van der Waals surface area contributed by atoms with Gasteiger partial charge in [-0.1, -0.05) is 18.2 Å². The van der Waals surface area contributed by atoms with Crippen LogP contribution in [0.3, 0.4) is 0 Å². The lowest BCUT2D eigenvalue weighted by Gasteiger charge is -2.21. The van der Waals surface area contributed by atoms with Crippen LogP contribution in [0.2, 0.25) is 0 Å². The Bertz CT molecular complexity index is 1830. The Kier molecular flexibility index (Phi) is 6.49. The van der Waals surface area contributed by atoms with Crippen molar-refractivity contribution in [3.05, 3.63) is 96.2 Å². The minimum absolute atomic E-state index is 0.0930. The Morgan fingerprint density at radius 2 is 1.77 bits per heavy atom. The molecule has 1 amide bonds. The lowest BCUT2D eigenvalue weighted by molar-refractivity contribution is -0.127. The predicted octanol–water partition coefficient (Wildman–Crippen LogP) is 3.32. The summed E-state index contributed by atoms with van der Waals surface area (Å²) in [6.45, 7) is 3.33. The summed E-state index contributed by atoms with van der Waals surface area (Å²) in [5.74, 6) is -0.551. The second-order valence-corrected chi connectivity index (χ2v) is 10.3. The van der Waals surface area contributed by atoms with Crippen LogP contribution in [-0.2, 0) is 18.3 Å². The molecule has 2 aromatic carbocycles. The summed E-state index contributed by atoms with van der Waals surface area (Å²) in [6, 6.07) is 11.3. The van der Waals surface area contributed by atoms with Crippen molar-refractivity contribution in [2.24, 2.45) is 7.05 Å². The molecule has 0 radical (unpaired) electrons. The van der Waals surface area contributed by atoms with Gasteiger partial charge in [0, 0.05) is 32.7 Å². The quantitative estimate of drug-likeness (QED) is 0.412. The number of benzene rings is 2. The lowest BCUT2D eigenvalue weighted by atomic mass is 10.1. The molecule has 1 N–H and O–H groups in total. The zero-order chi connectivity index (χ0) is 28.2. The van der Waals surface area contributed by atoms with Crippen molar-refractivity contribution >= 4 is 28.3 Å². The average Bonchev–Trinajstić information content (AvgIpc) is 3.72. The van der Waals surface area contributed by atoms with Crippen LogP contribution in [0, 0.1) is 19.7 Å². The number of hydrogen-bond donors (Lipinski definition) is 1. The van der Waals surface area contributed by atoms with Crippen LogP contribution in [0.15, 0.2) is 56.8 Å². The summed E-state index contributed by atoms with van der Waals surface area (Å²) in [5.41, 5.74) is 0.734. The van der Waals surface area contributed by atoms with E-state index in [-0.39, 0.29) is 46.3 Å². The lowest BCUT2D eigenvalue weighted by Crippen LogP contribution is -2.41. The molecule has 0 saturated heterocycles. The summed E-state index contributed by atoms with van der Waals surface area (Å²) >= 11 is 0. The Balaban J connectivity index is 1.85. The molecule has 0 unspecified atom stereocenters. The van der Waals surface area contributed by atoms with Crippen LogP contribution in [0.25, 0.3) is 16.6 Å². The maximum Gasteiger partial charge on any atom is 0.336 e. The summed E-state index contributed by atoms with van der Waals surface area (Å²) in [7, 11) is 4.84. The third-order valence-corrected chi connectivity index (χ3v) is 7.16. The largest absolute Gasteiger partial charge is 0.349 e. The van der Waals surface area contributed by atoms with Gasteiger partial charge in [-0.15, -0.1) is 0 Å². The standard InChI is InChI=1S/C29H30FN5O4/c1-16-9-12-22(21(30)13-16)31-26-24-25(17(2)27(37)33(26)5)34(29(39)35(28(24)38)19-10-11-19)20-8-6-7-18(14-20)15-23(36)32(3)4/h6-9,12-14,19,31H,10-11,15H2,1-5H3. The van der Waals surface area contributed by atoms with E-state index in [0.29, 0.717) is 24.1 Å². The van der Waals surface area contributed by atoms with Gasteiger partial charge in [0.05, 0.1) is 23.3 Å². The molecular formula is C29H30FN5O4. The highest BCUT2D eigenvalue weighted by Gasteiger charge is 2.31. The second-order valence-electron chi connectivity index (χ2n) is 10.3. The molecule has 1 saturated carbocycles. The van der Waals surface area contributed by atoms with Crippen molar-refractivity contribution in [1.29, 1.82) is 0 Å². The fraction of sp³-hybridized carbons (Fsp3) is 0.310. The molecule has 2 heterocycles. The fourth-order valence-electron chi connectivity index (χ4n) is 4.84. The molecule has 0 spiro atoms. The van der Waals surface area contributed by atoms with Gasteiger partial charge in [-0.2, -0.15) is 0 Å². The molecule has 0 aliphatic heterocycles. The first-order valence-corrected chi connectivity index (χ1v) is 12.7. The van der Waals surface area contributed by atoms with E-state index < -0.39 is 22.6 Å². The fourth-order valence-corrected chi connectivity index (χ4v) is 4.84. The van der Waals surface area contributed by atoms with Gasteiger partial charge in [0.15, 0.2) is 0 Å². The Morgan fingerprint density at radius 1 is 1.05 bits per heavy atom. The van der Waals surface area contributed by atoms with Crippen LogP contribution in [0.5, 0.6) is 0 Å². The number of aryl methyl sites for hydroxylation is 2. The number of carbonyl (C=O) groups is 1. The van der Waals surface area contributed by atoms with Gasteiger partial charge in [0.25, 0.3) is 11.1 Å².